The van der Waals surface area contributed by atoms with E-state index in [-0.39, 0.29) is 5.91 Å². The maximum atomic E-state index is 12.4. The van der Waals surface area contributed by atoms with E-state index >= 15 is 0 Å². The molecule has 1 aromatic heterocycles. The Kier molecular flexibility index (Phi) is 3.30. The summed E-state index contributed by atoms with van der Waals surface area (Å²) >= 11 is 1.53. The number of hydrogen-bond acceptors (Lipinski definition) is 4. The van der Waals surface area contributed by atoms with Crippen LogP contribution in [-0.2, 0) is 0 Å². The lowest BCUT2D eigenvalue weighted by Gasteiger charge is -2.07. The van der Waals surface area contributed by atoms with Crippen LogP contribution in [-0.4, -0.2) is 5.91 Å². The molecule has 102 valence electrons. The number of hydrogen-bond donors (Lipinski definition) is 2. The number of thiophene rings is 1. The first kappa shape index (κ1) is 13.2. The molecule has 0 bridgehead atoms. The van der Waals surface area contributed by atoms with E-state index in [4.69, 9.17) is 11.0 Å². The highest BCUT2D eigenvalue weighted by molar-refractivity contribution is 7.17. The Bertz CT molecular complexity index is 877. The molecule has 0 aliphatic rings. The minimum absolute atomic E-state index is 0.205. The van der Waals surface area contributed by atoms with E-state index in [0.29, 0.717) is 22.5 Å². The fourth-order valence-electron chi connectivity index (χ4n) is 2.09. The second-order valence-electron chi connectivity index (χ2n) is 4.51. The fourth-order valence-corrected chi connectivity index (χ4v) is 3.03. The van der Waals surface area contributed by atoms with E-state index in [1.807, 2.05) is 35.7 Å². The lowest BCUT2D eigenvalue weighted by atomic mass is 10.1. The summed E-state index contributed by atoms with van der Waals surface area (Å²) in [5.74, 6) is -0.205. The van der Waals surface area contributed by atoms with Gasteiger partial charge >= 0.3 is 0 Å². The van der Waals surface area contributed by atoms with Crippen molar-refractivity contribution in [1.29, 1.82) is 5.26 Å². The largest absolute Gasteiger partial charge is 0.397 e. The Morgan fingerprint density at radius 2 is 2.05 bits per heavy atom. The van der Waals surface area contributed by atoms with Gasteiger partial charge in [-0.05, 0) is 24.3 Å². The van der Waals surface area contributed by atoms with Crippen molar-refractivity contribution in [3.05, 3.63) is 59.0 Å². The molecule has 2 aromatic carbocycles. The Hall–Kier alpha value is -2.84. The van der Waals surface area contributed by atoms with Crippen molar-refractivity contribution in [1.82, 2.24) is 0 Å². The van der Waals surface area contributed by atoms with Crippen molar-refractivity contribution in [3.63, 3.8) is 0 Å². The average molecular weight is 293 g/mol. The van der Waals surface area contributed by atoms with E-state index < -0.39 is 0 Å². The fraction of sp³-hybridized carbons (Fsp3) is 0. The van der Waals surface area contributed by atoms with Crippen molar-refractivity contribution in [2.24, 2.45) is 0 Å². The highest BCUT2D eigenvalue weighted by atomic mass is 32.1. The van der Waals surface area contributed by atoms with E-state index in [1.165, 1.54) is 11.3 Å². The van der Waals surface area contributed by atoms with Crippen LogP contribution in [0.1, 0.15) is 15.9 Å². The van der Waals surface area contributed by atoms with Gasteiger partial charge in [0.1, 0.15) is 0 Å². The number of carbonyl (C=O) groups is 1. The number of nitrogen functional groups attached to an aromatic ring is 1. The zero-order valence-corrected chi connectivity index (χ0v) is 11.8. The molecule has 0 aliphatic carbocycles. The van der Waals surface area contributed by atoms with Gasteiger partial charge in [-0.3, -0.25) is 4.79 Å². The number of nitrogens with zero attached hydrogens (tertiary/aromatic N) is 1. The molecular formula is C16H11N3OS. The smallest absolute Gasteiger partial charge is 0.257 e. The van der Waals surface area contributed by atoms with Crippen LogP contribution in [0.2, 0.25) is 0 Å². The second kappa shape index (κ2) is 5.27. The number of nitrogens with two attached hydrogens (primary N) is 1. The summed E-state index contributed by atoms with van der Waals surface area (Å²) in [5.41, 5.74) is 7.82. The first-order chi connectivity index (χ1) is 10.2. The molecule has 1 amide bonds. The Morgan fingerprint density at radius 1 is 1.24 bits per heavy atom. The maximum absolute atomic E-state index is 12.4. The molecule has 3 N–H and O–H groups in total. The van der Waals surface area contributed by atoms with Gasteiger partial charge in [-0.1, -0.05) is 18.2 Å². The number of fused-ring (bicyclic) bond motifs is 1. The van der Waals surface area contributed by atoms with E-state index in [2.05, 4.69) is 5.32 Å². The van der Waals surface area contributed by atoms with Crippen molar-refractivity contribution in [2.45, 2.75) is 0 Å². The van der Waals surface area contributed by atoms with Crippen LogP contribution >= 0.6 is 11.3 Å². The van der Waals surface area contributed by atoms with Gasteiger partial charge in [0.05, 0.1) is 28.6 Å². The van der Waals surface area contributed by atoms with E-state index in [1.54, 1.807) is 18.2 Å². The van der Waals surface area contributed by atoms with Gasteiger partial charge in [-0.2, -0.15) is 5.26 Å². The Morgan fingerprint density at radius 3 is 2.81 bits per heavy atom. The summed E-state index contributed by atoms with van der Waals surface area (Å²) in [4.78, 5) is 12.4. The topological polar surface area (TPSA) is 78.9 Å². The van der Waals surface area contributed by atoms with Gasteiger partial charge in [0.25, 0.3) is 5.91 Å². The van der Waals surface area contributed by atoms with Crippen LogP contribution in [0.15, 0.2) is 47.8 Å². The standard InChI is InChI=1S/C16H11N3OS/c17-8-10-5-6-14(13(18)7-10)19-16(20)12-9-21-15-4-2-1-3-11(12)15/h1-7,9H,18H2,(H,19,20). The van der Waals surface area contributed by atoms with Crippen LogP contribution in [0.4, 0.5) is 11.4 Å². The quantitative estimate of drug-likeness (QED) is 0.708. The molecular weight excluding hydrogens is 282 g/mol. The zero-order chi connectivity index (χ0) is 14.8. The molecule has 21 heavy (non-hydrogen) atoms. The molecule has 4 nitrogen and oxygen atoms in total. The molecule has 0 radical (unpaired) electrons. The van der Waals surface area contributed by atoms with Gasteiger partial charge in [0.2, 0.25) is 0 Å². The normalized spacial score (nSPS) is 10.2. The molecule has 5 heteroatoms. The van der Waals surface area contributed by atoms with Crippen LogP contribution in [0.25, 0.3) is 10.1 Å². The van der Waals surface area contributed by atoms with Gasteiger partial charge in [-0.15, -0.1) is 11.3 Å². The maximum Gasteiger partial charge on any atom is 0.257 e. The highest BCUT2D eigenvalue weighted by Gasteiger charge is 2.13. The lowest BCUT2D eigenvalue weighted by Crippen LogP contribution is -2.12. The third-order valence-corrected chi connectivity index (χ3v) is 4.12. The van der Waals surface area contributed by atoms with Crippen molar-refractivity contribution in [2.75, 3.05) is 11.1 Å². The molecule has 3 rings (SSSR count). The van der Waals surface area contributed by atoms with Crippen molar-refractivity contribution in [3.8, 4) is 6.07 Å². The monoisotopic (exact) mass is 293 g/mol. The SMILES string of the molecule is N#Cc1ccc(NC(=O)c2csc3ccccc23)c(N)c1. The van der Waals surface area contributed by atoms with Crippen LogP contribution in [0.5, 0.6) is 0 Å². The van der Waals surface area contributed by atoms with Crippen LogP contribution in [0, 0.1) is 11.3 Å². The minimum Gasteiger partial charge on any atom is -0.397 e. The summed E-state index contributed by atoms with van der Waals surface area (Å²) in [7, 11) is 0. The number of carbonyl (C=O) groups excluding carboxylic acids is 1. The summed E-state index contributed by atoms with van der Waals surface area (Å²) in [6.45, 7) is 0. The third-order valence-electron chi connectivity index (χ3n) is 3.15. The van der Waals surface area contributed by atoms with Crippen LogP contribution < -0.4 is 11.1 Å². The first-order valence-electron chi connectivity index (χ1n) is 6.26. The summed E-state index contributed by atoms with van der Waals surface area (Å²) in [5, 5.41) is 14.4. The summed E-state index contributed by atoms with van der Waals surface area (Å²) in [6.07, 6.45) is 0. The molecule has 0 unspecified atom stereocenters. The number of benzene rings is 2. The number of amides is 1. The Balaban J connectivity index is 1.92. The number of nitriles is 1. The summed E-state index contributed by atoms with van der Waals surface area (Å²) in [6, 6.07) is 14.6. The van der Waals surface area contributed by atoms with Gasteiger partial charge in [0.15, 0.2) is 0 Å². The molecule has 0 saturated carbocycles. The van der Waals surface area contributed by atoms with Gasteiger partial charge < -0.3 is 11.1 Å². The van der Waals surface area contributed by atoms with E-state index in [9.17, 15) is 4.79 Å². The molecule has 0 spiro atoms. The third kappa shape index (κ3) is 2.45. The highest BCUT2D eigenvalue weighted by Crippen LogP contribution is 2.27. The van der Waals surface area contributed by atoms with Gasteiger partial charge in [-0.25, -0.2) is 0 Å². The first-order valence-corrected chi connectivity index (χ1v) is 7.14. The Labute approximate surface area is 125 Å². The zero-order valence-electron chi connectivity index (χ0n) is 11.0. The van der Waals surface area contributed by atoms with Gasteiger partial charge in [0, 0.05) is 15.5 Å². The number of rotatable bonds is 2. The number of anilines is 2. The number of nitrogens with one attached hydrogen (secondary N) is 1. The lowest BCUT2D eigenvalue weighted by molar-refractivity contribution is 0.102. The predicted molar refractivity (Wildman–Crippen MR) is 85.3 cm³/mol. The summed E-state index contributed by atoms with van der Waals surface area (Å²) < 4.78 is 1.07. The van der Waals surface area contributed by atoms with Crippen molar-refractivity contribution < 1.29 is 4.79 Å². The molecule has 0 saturated heterocycles. The molecule has 0 aliphatic heterocycles. The van der Waals surface area contributed by atoms with Crippen molar-refractivity contribution >= 4 is 38.7 Å². The minimum atomic E-state index is -0.205. The molecule has 3 aromatic rings. The average Bonchev–Trinajstić information content (AvgIpc) is 2.93. The van der Waals surface area contributed by atoms with Crippen LogP contribution in [0.3, 0.4) is 0 Å². The predicted octanol–water partition coefficient (Wildman–Crippen LogP) is 3.61. The second-order valence-corrected chi connectivity index (χ2v) is 5.42. The molecule has 0 atom stereocenters. The molecule has 1 heterocycles. The van der Waals surface area contributed by atoms with E-state index in [0.717, 1.165) is 10.1 Å². The molecule has 0 fully saturated rings.